The largest absolute Gasteiger partial charge is 0.396 e. The fourth-order valence-corrected chi connectivity index (χ4v) is 1.42. The first kappa shape index (κ1) is 12.7. The summed E-state index contributed by atoms with van der Waals surface area (Å²) in [5.74, 6) is 5.59. The Morgan fingerprint density at radius 3 is 2.62 bits per heavy atom. The van der Waals surface area contributed by atoms with E-state index in [1.165, 1.54) is 0 Å². The summed E-state index contributed by atoms with van der Waals surface area (Å²) in [5, 5.41) is 1.60. The second-order valence-corrected chi connectivity index (χ2v) is 3.70. The highest BCUT2D eigenvalue weighted by molar-refractivity contribution is 6.30. The van der Waals surface area contributed by atoms with E-state index in [1.807, 2.05) is 0 Å². The van der Waals surface area contributed by atoms with Crippen LogP contribution in [0.25, 0.3) is 0 Å². The zero-order valence-corrected chi connectivity index (χ0v) is 9.38. The van der Waals surface area contributed by atoms with E-state index in [1.54, 1.807) is 25.1 Å². The van der Waals surface area contributed by atoms with Gasteiger partial charge >= 0.3 is 0 Å². The van der Waals surface area contributed by atoms with Crippen molar-refractivity contribution in [3.63, 3.8) is 0 Å². The van der Waals surface area contributed by atoms with Gasteiger partial charge in [0, 0.05) is 11.2 Å². The third kappa shape index (κ3) is 3.08. The third-order valence-corrected chi connectivity index (χ3v) is 2.21. The molecule has 0 spiro atoms. The van der Waals surface area contributed by atoms with Gasteiger partial charge in [-0.1, -0.05) is 11.6 Å². The van der Waals surface area contributed by atoms with E-state index in [0.717, 1.165) is 16.8 Å². The van der Waals surface area contributed by atoms with Gasteiger partial charge in [-0.3, -0.25) is 5.01 Å². The summed E-state index contributed by atoms with van der Waals surface area (Å²) in [6.07, 6.45) is -1.74. The van der Waals surface area contributed by atoms with Crippen LogP contribution < -0.4 is 16.6 Å². The highest BCUT2D eigenvalue weighted by atomic mass is 35.5. The average molecular weight is 248 g/mol. The molecule has 0 aliphatic heterocycles. The second kappa shape index (κ2) is 5.14. The maximum Gasteiger partial charge on any atom is 0.279 e. The first-order valence-electron chi connectivity index (χ1n) is 4.47. The van der Waals surface area contributed by atoms with E-state index in [0.29, 0.717) is 10.7 Å². The van der Waals surface area contributed by atoms with Crippen LogP contribution in [-0.2, 0) is 0 Å². The Bertz CT molecular complexity index is 407. The molecule has 1 aromatic rings. The molecule has 1 aromatic carbocycles. The number of aryl methyl sites for hydroxylation is 1. The molecule has 0 amide bonds. The van der Waals surface area contributed by atoms with Gasteiger partial charge in [0.1, 0.15) is 0 Å². The van der Waals surface area contributed by atoms with E-state index in [9.17, 15) is 8.78 Å². The molecular weight excluding hydrogens is 236 g/mol. The molecule has 16 heavy (non-hydrogen) atoms. The van der Waals surface area contributed by atoms with Crippen molar-refractivity contribution >= 4 is 17.3 Å². The average Bonchev–Trinajstić information content (AvgIpc) is 2.16. The van der Waals surface area contributed by atoms with E-state index in [4.69, 9.17) is 23.2 Å². The van der Waals surface area contributed by atoms with E-state index < -0.39 is 12.1 Å². The predicted octanol–water partition coefficient (Wildman–Crippen LogP) is 2.39. The van der Waals surface area contributed by atoms with Crippen LogP contribution in [0.15, 0.2) is 30.1 Å². The number of nitrogens with two attached hydrogens (primary N) is 2. The normalized spacial score (nSPS) is 12.0. The van der Waals surface area contributed by atoms with Gasteiger partial charge in [-0.2, -0.15) is 0 Å². The summed E-state index contributed by atoms with van der Waals surface area (Å²) in [5.41, 5.74) is 5.85. The van der Waals surface area contributed by atoms with Crippen molar-refractivity contribution in [3.05, 3.63) is 40.7 Å². The van der Waals surface area contributed by atoms with Gasteiger partial charge in [0.05, 0.1) is 11.4 Å². The number of benzene rings is 1. The first-order valence-corrected chi connectivity index (χ1v) is 4.85. The Morgan fingerprint density at radius 1 is 1.50 bits per heavy atom. The van der Waals surface area contributed by atoms with Crippen LogP contribution >= 0.6 is 11.6 Å². The van der Waals surface area contributed by atoms with Crippen molar-refractivity contribution in [2.24, 2.45) is 11.6 Å². The SMILES string of the molecule is Cc1cc(Cl)ccc1N(N)/C=C(\N)C(F)F. The minimum atomic E-state index is -2.72. The third-order valence-electron chi connectivity index (χ3n) is 1.98. The summed E-state index contributed by atoms with van der Waals surface area (Å²) in [4.78, 5) is 0. The Labute approximate surface area is 97.2 Å². The first-order chi connectivity index (χ1) is 7.41. The van der Waals surface area contributed by atoms with E-state index in [-0.39, 0.29) is 0 Å². The zero-order chi connectivity index (χ0) is 12.3. The van der Waals surface area contributed by atoms with Gasteiger partial charge in [0.15, 0.2) is 0 Å². The van der Waals surface area contributed by atoms with Crippen molar-refractivity contribution in [1.82, 2.24) is 0 Å². The Morgan fingerprint density at radius 2 is 2.12 bits per heavy atom. The molecule has 0 bridgehead atoms. The smallest absolute Gasteiger partial charge is 0.279 e. The number of hydrogen-bond donors (Lipinski definition) is 2. The Balaban J connectivity index is 2.97. The number of hydrazine groups is 1. The molecule has 0 aliphatic rings. The molecule has 4 N–H and O–H groups in total. The molecule has 0 unspecified atom stereocenters. The quantitative estimate of drug-likeness (QED) is 0.637. The molecule has 0 heterocycles. The van der Waals surface area contributed by atoms with Gasteiger partial charge in [-0.05, 0) is 30.7 Å². The fraction of sp³-hybridized carbons (Fsp3) is 0.200. The number of nitrogens with zero attached hydrogens (tertiary/aromatic N) is 1. The van der Waals surface area contributed by atoms with Gasteiger partial charge in [0.25, 0.3) is 6.43 Å². The number of rotatable bonds is 3. The molecule has 3 nitrogen and oxygen atoms in total. The fourth-order valence-electron chi connectivity index (χ4n) is 1.20. The lowest BCUT2D eigenvalue weighted by Gasteiger charge is -2.17. The lowest BCUT2D eigenvalue weighted by atomic mass is 10.2. The molecule has 0 fully saturated rings. The highest BCUT2D eigenvalue weighted by Gasteiger charge is 2.09. The van der Waals surface area contributed by atoms with Crippen LogP contribution in [0.1, 0.15) is 5.56 Å². The Kier molecular flexibility index (Phi) is 4.09. The minimum Gasteiger partial charge on any atom is -0.396 e. The van der Waals surface area contributed by atoms with Crippen molar-refractivity contribution in [1.29, 1.82) is 0 Å². The molecule has 0 saturated carbocycles. The molecule has 0 saturated heterocycles. The van der Waals surface area contributed by atoms with Crippen molar-refractivity contribution in [2.75, 3.05) is 5.01 Å². The predicted molar refractivity (Wildman–Crippen MR) is 61.1 cm³/mol. The van der Waals surface area contributed by atoms with Gasteiger partial charge in [0.2, 0.25) is 0 Å². The monoisotopic (exact) mass is 247 g/mol. The topological polar surface area (TPSA) is 55.3 Å². The molecule has 0 aromatic heterocycles. The molecular formula is C10H12ClF2N3. The van der Waals surface area contributed by atoms with Gasteiger partial charge in [-0.25, -0.2) is 14.6 Å². The van der Waals surface area contributed by atoms with Crippen LogP contribution in [0.3, 0.4) is 0 Å². The molecule has 1 rings (SSSR count). The summed E-state index contributed by atoms with van der Waals surface area (Å²) in [7, 11) is 0. The molecule has 0 aliphatic carbocycles. The molecule has 88 valence electrons. The van der Waals surface area contributed by atoms with Crippen LogP contribution in [-0.4, -0.2) is 6.43 Å². The Hall–Kier alpha value is -1.33. The van der Waals surface area contributed by atoms with Crippen molar-refractivity contribution in [3.8, 4) is 0 Å². The van der Waals surface area contributed by atoms with Crippen molar-refractivity contribution in [2.45, 2.75) is 13.3 Å². The van der Waals surface area contributed by atoms with Crippen LogP contribution in [0.5, 0.6) is 0 Å². The number of alkyl halides is 2. The maximum absolute atomic E-state index is 12.2. The van der Waals surface area contributed by atoms with Crippen molar-refractivity contribution < 1.29 is 8.78 Å². The number of allylic oxidation sites excluding steroid dienone is 1. The highest BCUT2D eigenvalue weighted by Crippen LogP contribution is 2.22. The van der Waals surface area contributed by atoms with Crippen LogP contribution in [0, 0.1) is 6.92 Å². The van der Waals surface area contributed by atoms with Crippen LogP contribution in [0.4, 0.5) is 14.5 Å². The number of halogens is 3. The summed E-state index contributed by atoms with van der Waals surface area (Å²) in [6.45, 7) is 1.77. The number of anilines is 1. The summed E-state index contributed by atoms with van der Waals surface area (Å²) < 4.78 is 24.3. The van der Waals surface area contributed by atoms with Gasteiger partial charge < -0.3 is 5.73 Å². The second-order valence-electron chi connectivity index (χ2n) is 3.27. The molecule has 0 radical (unpaired) electrons. The lowest BCUT2D eigenvalue weighted by molar-refractivity contribution is 0.187. The molecule has 0 atom stereocenters. The number of hydrogen-bond acceptors (Lipinski definition) is 3. The zero-order valence-electron chi connectivity index (χ0n) is 8.62. The van der Waals surface area contributed by atoms with E-state index in [2.05, 4.69) is 0 Å². The van der Waals surface area contributed by atoms with E-state index >= 15 is 0 Å². The van der Waals surface area contributed by atoms with Gasteiger partial charge in [-0.15, -0.1) is 0 Å². The van der Waals surface area contributed by atoms with Crippen LogP contribution in [0.2, 0.25) is 5.02 Å². The lowest BCUT2D eigenvalue weighted by Crippen LogP contribution is -2.27. The maximum atomic E-state index is 12.2. The minimum absolute atomic E-state index is 0.556. The summed E-state index contributed by atoms with van der Waals surface area (Å²) in [6, 6.07) is 4.94. The standard InChI is InChI=1S/C10H12ClF2N3/c1-6-4-7(11)2-3-9(6)16(15)5-8(14)10(12)13/h2-5,10H,14-15H2,1H3/b8-5-. The summed E-state index contributed by atoms with van der Waals surface area (Å²) >= 11 is 5.76. The molecule has 6 heteroatoms.